The first-order chi connectivity index (χ1) is 5.61. The van der Waals surface area contributed by atoms with Crippen molar-refractivity contribution in [1.29, 1.82) is 0 Å². The molecule has 0 aliphatic carbocycles. The minimum absolute atomic E-state index is 0.301. The number of halogens is 1. The highest BCUT2D eigenvalue weighted by Crippen LogP contribution is 2.31. The van der Waals surface area contributed by atoms with E-state index in [1.54, 1.807) is 18.2 Å². The van der Waals surface area contributed by atoms with Gasteiger partial charge in [0.2, 0.25) is 0 Å². The Kier molecular flexibility index (Phi) is 1.53. The van der Waals surface area contributed by atoms with Gasteiger partial charge in [0.15, 0.2) is 9.84 Å². The molecule has 12 heavy (non-hydrogen) atoms. The molecule has 2 nitrogen and oxygen atoms in total. The standard InChI is InChI=1S/C8H5ClO2S/c9-7-2-1-3-8-6(7)4-5-12(8,10)11/h1-5H. The quantitative estimate of drug-likeness (QED) is 0.643. The molecular weight excluding hydrogens is 196 g/mol. The van der Waals surface area contributed by atoms with E-state index in [1.807, 2.05) is 0 Å². The summed E-state index contributed by atoms with van der Waals surface area (Å²) < 4.78 is 22.5. The molecule has 0 fully saturated rings. The average Bonchev–Trinajstić information content (AvgIpc) is 2.30. The van der Waals surface area contributed by atoms with Crippen LogP contribution in [0.5, 0.6) is 0 Å². The number of benzene rings is 1. The van der Waals surface area contributed by atoms with Crippen molar-refractivity contribution in [3.63, 3.8) is 0 Å². The average molecular weight is 201 g/mol. The molecule has 0 unspecified atom stereocenters. The van der Waals surface area contributed by atoms with Crippen LogP contribution in [0.25, 0.3) is 6.08 Å². The van der Waals surface area contributed by atoms with E-state index in [9.17, 15) is 8.42 Å². The molecule has 0 saturated carbocycles. The Hall–Kier alpha value is -0.800. The van der Waals surface area contributed by atoms with Gasteiger partial charge in [-0.05, 0) is 18.2 Å². The maximum atomic E-state index is 11.3. The summed E-state index contributed by atoms with van der Waals surface area (Å²) in [5.41, 5.74) is 0.596. The van der Waals surface area contributed by atoms with E-state index >= 15 is 0 Å². The molecule has 0 N–H and O–H groups in total. The predicted molar refractivity (Wildman–Crippen MR) is 47.7 cm³/mol. The van der Waals surface area contributed by atoms with Crippen LogP contribution < -0.4 is 0 Å². The van der Waals surface area contributed by atoms with Gasteiger partial charge >= 0.3 is 0 Å². The third-order valence-corrected chi connectivity index (χ3v) is 3.53. The van der Waals surface area contributed by atoms with Gasteiger partial charge in [-0.1, -0.05) is 17.7 Å². The molecule has 1 aliphatic heterocycles. The molecule has 0 atom stereocenters. The van der Waals surface area contributed by atoms with Crippen LogP contribution in [-0.4, -0.2) is 8.42 Å². The van der Waals surface area contributed by atoms with Crippen LogP contribution in [0, 0.1) is 0 Å². The largest absolute Gasteiger partial charge is 0.219 e. The van der Waals surface area contributed by atoms with Gasteiger partial charge in [-0.15, -0.1) is 0 Å². The topological polar surface area (TPSA) is 34.1 Å². The highest BCUT2D eigenvalue weighted by atomic mass is 35.5. The minimum atomic E-state index is -3.19. The third-order valence-electron chi connectivity index (χ3n) is 1.73. The second-order valence-electron chi connectivity index (χ2n) is 2.50. The zero-order valence-electron chi connectivity index (χ0n) is 5.99. The number of fused-ring (bicyclic) bond motifs is 1. The molecule has 0 aromatic heterocycles. The molecule has 1 aromatic rings. The van der Waals surface area contributed by atoms with Gasteiger partial charge < -0.3 is 0 Å². The molecule has 4 heteroatoms. The van der Waals surface area contributed by atoms with Crippen molar-refractivity contribution in [2.24, 2.45) is 0 Å². The molecular formula is C8H5ClO2S. The van der Waals surface area contributed by atoms with E-state index in [-0.39, 0.29) is 0 Å². The van der Waals surface area contributed by atoms with Gasteiger partial charge in [-0.3, -0.25) is 0 Å². The molecule has 1 aliphatic rings. The van der Waals surface area contributed by atoms with Crippen molar-refractivity contribution >= 4 is 27.5 Å². The van der Waals surface area contributed by atoms with Gasteiger partial charge in [0.1, 0.15) is 0 Å². The molecule has 2 rings (SSSR count). The highest BCUT2D eigenvalue weighted by molar-refractivity contribution is 7.94. The highest BCUT2D eigenvalue weighted by Gasteiger charge is 2.21. The fourth-order valence-electron chi connectivity index (χ4n) is 1.16. The lowest BCUT2D eigenvalue weighted by Gasteiger charge is -1.98. The Balaban J connectivity index is 2.86. The Morgan fingerprint density at radius 2 is 2.00 bits per heavy atom. The fourth-order valence-corrected chi connectivity index (χ4v) is 2.67. The maximum Gasteiger partial charge on any atom is 0.200 e. The number of hydrogen-bond acceptors (Lipinski definition) is 2. The summed E-state index contributed by atoms with van der Waals surface area (Å²) in [7, 11) is -3.19. The smallest absolute Gasteiger partial charge is 0.200 e. The van der Waals surface area contributed by atoms with Gasteiger partial charge in [0.05, 0.1) is 4.90 Å². The van der Waals surface area contributed by atoms with Gasteiger partial charge in [-0.2, -0.15) is 0 Å². The number of rotatable bonds is 0. The molecule has 1 heterocycles. The lowest BCUT2D eigenvalue weighted by molar-refractivity contribution is 0.605. The van der Waals surface area contributed by atoms with Crippen LogP contribution in [0.3, 0.4) is 0 Å². The van der Waals surface area contributed by atoms with E-state index in [4.69, 9.17) is 11.6 Å². The summed E-state index contributed by atoms with van der Waals surface area (Å²) >= 11 is 5.78. The Bertz CT molecular complexity index is 460. The van der Waals surface area contributed by atoms with E-state index in [0.29, 0.717) is 15.5 Å². The van der Waals surface area contributed by atoms with Crippen LogP contribution in [0.2, 0.25) is 5.02 Å². The first-order valence-corrected chi connectivity index (χ1v) is 5.25. The predicted octanol–water partition coefficient (Wildman–Crippen LogP) is 2.10. The van der Waals surface area contributed by atoms with Crippen LogP contribution in [0.15, 0.2) is 28.5 Å². The summed E-state index contributed by atoms with van der Waals surface area (Å²) in [5, 5.41) is 1.65. The summed E-state index contributed by atoms with van der Waals surface area (Å²) in [5.74, 6) is 0. The molecule has 62 valence electrons. The normalized spacial score (nSPS) is 17.8. The lowest BCUT2D eigenvalue weighted by atomic mass is 10.2. The first-order valence-electron chi connectivity index (χ1n) is 3.33. The summed E-state index contributed by atoms with van der Waals surface area (Å²) in [6.07, 6.45) is 1.52. The molecule has 0 spiro atoms. The summed E-state index contributed by atoms with van der Waals surface area (Å²) in [6, 6.07) is 4.85. The maximum absolute atomic E-state index is 11.3. The Labute approximate surface area is 75.4 Å². The van der Waals surface area contributed by atoms with Gasteiger partial charge in [0, 0.05) is 16.0 Å². The van der Waals surface area contributed by atoms with Crippen LogP contribution in [0.1, 0.15) is 5.56 Å². The van der Waals surface area contributed by atoms with E-state index in [2.05, 4.69) is 0 Å². The van der Waals surface area contributed by atoms with Crippen molar-refractivity contribution in [1.82, 2.24) is 0 Å². The molecule has 0 amide bonds. The minimum Gasteiger partial charge on any atom is -0.219 e. The van der Waals surface area contributed by atoms with E-state index < -0.39 is 9.84 Å². The van der Waals surface area contributed by atoms with Crippen LogP contribution in [0.4, 0.5) is 0 Å². The van der Waals surface area contributed by atoms with Gasteiger partial charge in [0.25, 0.3) is 0 Å². The van der Waals surface area contributed by atoms with Crippen molar-refractivity contribution in [3.8, 4) is 0 Å². The molecule has 0 saturated heterocycles. The molecule has 0 bridgehead atoms. The first kappa shape index (κ1) is 7.83. The fraction of sp³-hybridized carbons (Fsp3) is 0. The van der Waals surface area contributed by atoms with Gasteiger partial charge in [-0.25, -0.2) is 8.42 Å². The van der Waals surface area contributed by atoms with Crippen molar-refractivity contribution < 1.29 is 8.42 Å². The van der Waals surface area contributed by atoms with Crippen molar-refractivity contribution in [2.45, 2.75) is 4.90 Å². The molecule has 1 aromatic carbocycles. The third kappa shape index (κ3) is 0.974. The SMILES string of the molecule is O=S1(=O)C=Cc2c(Cl)cccc21. The Morgan fingerprint density at radius 3 is 2.67 bits per heavy atom. The zero-order chi connectivity index (χ0) is 8.77. The number of sulfone groups is 1. The monoisotopic (exact) mass is 200 g/mol. The second kappa shape index (κ2) is 2.34. The Morgan fingerprint density at radius 1 is 1.25 bits per heavy atom. The van der Waals surface area contributed by atoms with Crippen molar-refractivity contribution in [3.05, 3.63) is 34.2 Å². The molecule has 0 radical (unpaired) electrons. The van der Waals surface area contributed by atoms with E-state index in [0.717, 1.165) is 0 Å². The lowest BCUT2D eigenvalue weighted by Crippen LogP contribution is -1.92. The number of hydrogen-bond donors (Lipinski definition) is 0. The van der Waals surface area contributed by atoms with Crippen molar-refractivity contribution in [2.75, 3.05) is 0 Å². The zero-order valence-corrected chi connectivity index (χ0v) is 7.56. The van der Waals surface area contributed by atoms with Crippen LogP contribution in [-0.2, 0) is 9.84 Å². The second-order valence-corrected chi connectivity index (χ2v) is 4.71. The van der Waals surface area contributed by atoms with Crippen LogP contribution >= 0.6 is 11.6 Å². The van der Waals surface area contributed by atoms with E-state index in [1.165, 1.54) is 11.5 Å². The summed E-state index contributed by atoms with van der Waals surface area (Å²) in [4.78, 5) is 0.301. The summed E-state index contributed by atoms with van der Waals surface area (Å²) in [6.45, 7) is 0.